The van der Waals surface area contributed by atoms with Gasteiger partial charge in [0, 0.05) is 43.1 Å². The smallest absolute Gasteiger partial charge is 0.406 e. The first-order valence-electron chi connectivity index (χ1n) is 12.5. The number of ether oxygens (including phenoxy) is 1. The van der Waals surface area contributed by atoms with E-state index in [0.29, 0.717) is 0 Å². The van der Waals surface area contributed by atoms with Gasteiger partial charge in [0.05, 0.1) is 24.8 Å². The van der Waals surface area contributed by atoms with Gasteiger partial charge in [-0.15, -0.1) is 0 Å². The fourth-order valence-corrected chi connectivity index (χ4v) is 4.73. The van der Waals surface area contributed by atoms with Gasteiger partial charge in [0.1, 0.15) is 6.17 Å². The first-order valence-corrected chi connectivity index (χ1v) is 12.5. The van der Waals surface area contributed by atoms with Crippen LogP contribution >= 0.6 is 0 Å². The molecule has 0 fully saturated rings. The van der Waals surface area contributed by atoms with Gasteiger partial charge in [-0.2, -0.15) is 0 Å². The van der Waals surface area contributed by atoms with Gasteiger partial charge in [-0.25, -0.2) is 22.9 Å². The Labute approximate surface area is 233 Å². The number of aliphatic carboxylic acids is 1. The van der Waals surface area contributed by atoms with E-state index in [1.54, 1.807) is 23.2 Å². The minimum absolute atomic E-state index is 0.0491. The van der Waals surface area contributed by atoms with E-state index in [0.717, 1.165) is 28.3 Å². The van der Waals surface area contributed by atoms with Crippen molar-refractivity contribution in [2.24, 2.45) is 0 Å². The number of urea groups is 1. The lowest BCUT2D eigenvalue weighted by molar-refractivity contribution is -0.697. The van der Waals surface area contributed by atoms with Gasteiger partial charge >= 0.3 is 18.1 Å². The lowest BCUT2D eigenvalue weighted by Crippen LogP contribution is -2.59. The number of amides is 3. The molecular formula is C28H28F2N5O6+. The third-order valence-electron chi connectivity index (χ3n) is 6.52. The number of hydrogen-bond acceptors (Lipinski definition) is 5. The second-order valence-electron chi connectivity index (χ2n) is 9.21. The van der Waals surface area contributed by atoms with Crippen molar-refractivity contribution in [2.75, 3.05) is 13.7 Å². The molecule has 3 aromatic rings. The fraction of sp³-hybridized carbons (Fsp3) is 0.250. The van der Waals surface area contributed by atoms with Gasteiger partial charge in [0.25, 0.3) is 0 Å². The van der Waals surface area contributed by atoms with Crippen molar-refractivity contribution in [3.63, 3.8) is 0 Å². The van der Waals surface area contributed by atoms with E-state index in [2.05, 4.69) is 15.6 Å². The van der Waals surface area contributed by atoms with Crippen LogP contribution in [0.15, 0.2) is 78.4 Å². The molecule has 2 aromatic heterocycles. The molecule has 214 valence electrons. The standard InChI is InChI=1S/C28H27F2N5O6/c1-41-16-23-19(15-25(36)37)26(18-5-6-20(29)21(30)14-18)35(27(38)32-23)24(33-28(39)40)9-13-34-11-7-17(8-12-34)22-4-2-3-10-31-22/h2-8,10-12,14,24,26,33H,9,13,15-16H2,1H3,(H2-,32,36,37,38,39,40)/p+1/t24?,26-/m0/s1. The van der Waals surface area contributed by atoms with Crippen LogP contribution in [0.25, 0.3) is 11.3 Å². The number of rotatable bonds is 11. The second-order valence-corrected chi connectivity index (χ2v) is 9.21. The summed E-state index contributed by atoms with van der Waals surface area (Å²) in [5.74, 6) is -3.58. The van der Waals surface area contributed by atoms with Crippen LogP contribution in [0.1, 0.15) is 24.4 Å². The van der Waals surface area contributed by atoms with Crippen LogP contribution in [0.2, 0.25) is 0 Å². The van der Waals surface area contributed by atoms with Crippen LogP contribution in [0.3, 0.4) is 0 Å². The zero-order chi connectivity index (χ0) is 29.5. The fourth-order valence-electron chi connectivity index (χ4n) is 4.73. The maximum absolute atomic E-state index is 14.4. The Balaban J connectivity index is 1.71. The predicted molar refractivity (Wildman–Crippen MR) is 140 cm³/mol. The summed E-state index contributed by atoms with van der Waals surface area (Å²) in [5, 5.41) is 24.2. The molecule has 0 spiro atoms. The number of nitrogens with one attached hydrogen (secondary N) is 2. The third kappa shape index (κ3) is 7.00. The van der Waals surface area contributed by atoms with E-state index in [-0.39, 0.29) is 36.4 Å². The van der Waals surface area contributed by atoms with E-state index in [1.807, 2.05) is 30.3 Å². The highest BCUT2D eigenvalue weighted by molar-refractivity contribution is 5.82. The highest BCUT2D eigenvalue weighted by Gasteiger charge is 2.41. The van der Waals surface area contributed by atoms with Crippen molar-refractivity contribution < 1.29 is 42.7 Å². The Morgan fingerprint density at radius 2 is 1.90 bits per heavy atom. The van der Waals surface area contributed by atoms with E-state index < -0.39 is 48.4 Å². The third-order valence-corrected chi connectivity index (χ3v) is 6.52. The van der Waals surface area contributed by atoms with Crippen LogP contribution < -0.4 is 15.2 Å². The SMILES string of the molecule is COCC1=C(CC(=O)O)[C@H](c2ccc(F)c(F)c2)N(C(CC[n+]2ccc(-c3ccccn3)cc2)NC(=O)O)C(=O)N1. The lowest BCUT2D eigenvalue weighted by atomic mass is 9.90. The highest BCUT2D eigenvalue weighted by Crippen LogP contribution is 2.37. The summed E-state index contributed by atoms with van der Waals surface area (Å²) in [5.41, 5.74) is 1.97. The minimum atomic E-state index is -1.44. The number of carbonyl (C=O) groups excluding carboxylic acids is 1. The molecule has 1 aliphatic rings. The topological polar surface area (TPSA) is 145 Å². The van der Waals surface area contributed by atoms with Crippen LogP contribution in [-0.2, 0) is 16.1 Å². The number of pyridine rings is 2. The maximum Gasteiger partial charge on any atom is 0.406 e. The van der Waals surface area contributed by atoms with Crippen molar-refractivity contribution >= 4 is 18.1 Å². The Morgan fingerprint density at radius 3 is 2.51 bits per heavy atom. The second kappa shape index (κ2) is 13.0. The molecule has 0 bridgehead atoms. The van der Waals surface area contributed by atoms with E-state index >= 15 is 0 Å². The molecule has 1 aliphatic heterocycles. The molecule has 1 unspecified atom stereocenters. The van der Waals surface area contributed by atoms with Gasteiger partial charge < -0.3 is 25.6 Å². The monoisotopic (exact) mass is 568 g/mol. The van der Waals surface area contributed by atoms with Gasteiger partial charge in [-0.1, -0.05) is 12.1 Å². The number of carboxylic acid groups (broad SMARTS) is 2. The highest BCUT2D eigenvalue weighted by atomic mass is 19.2. The van der Waals surface area contributed by atoms with E-state index in [9.17, 15) is 33.4 Å². The van der Waals surface area contributed by atoms with Crippen LogP contribution in [0.4, 0.5) is 18.4 Å². The molecule has 0 saturated carbocycles. The number of aryl methyl sites for hydroxylation is 1. The molecule has 11 nitrogen and oxygen atoms in total. The molecule has 1 aromatic carbocycles. The predicted octanol–water partition coefficient (Wildman–Crippen LogP) is 3.44. The molecule has 13 heteroatoms. The van der Waals surface area contributed by atoms with Crippen LogP contribution in [-0.4, -0.2) is 58.1 Å². The largest absolute Gasteiger partial charge is 0.481 e. The first kappa shape index (κ1) is 29.1. The summed E-state index contributed by atoms with van der Waals surface area (Å²) in [6.07, 6.45) is 2.07. The number of halogens is 2. The summed E-state index contributed by atoms with van der Waals surface area (Å²) in [4.78, 5) is 42.5. The molecule has 3 amide bonds. The maximum atomic E-state index is 14.4. The van der Waals surface area contributed by atoms with Crippen molar-refractivity contribution in [1.82, 2.24) is 20.5 Å². The summed E-state index contributed by atoms with van der Waals surface area (Å²) in [6.45, 7) is 0.0719. The first-order chi connectivity index (χ1) is 19.7. The van der Waals surface area contributed by atoms with Crippen LogP contribution in [0, 0.1) is 11.6 Å². The number of nitrogens with zero attached hydrogens (tertiary/aromatic N) is 3. The van der Waals surface area contributed by atoms with Gasteiger partial charge in [-0.3, -0.25) is 14.7 Å². The molecule has 41 heavy (non-hydrogen) atoms. The summed E-state index contributed by atoms with van der Waals surface area (Å²) < 4.78 is 35.1. The minimum Gasteiger partial charge on any atom is -0.481 e. The van der Waals surface area contributed by atoms with Crippen molar-refractivity contribution in [3.8, 4) is 11.3 Å². The summed E-state index contributed by atoms with van der Waals surface area (Å²) in [6, 6.07) is 10.1. The quantitative estimate of drug-likeness (QED) is 0.259. The van der Waals surface area contributed by atoms with E-state index in [4.69, 9.17) is 4.74 Å². The number of methoxy groups -OCH3 is 1. The van der Waals surface area contributed by atoms with Crippen molar-refractivity contribution in [2.45, 2.75) is 31.6 Å². The number of hydrogen-bond donors (Lipinski definition) is 4. The average molecular weight is 569 g/mol. The Bertz CT molecular complexity index is 1450. The van der Waals surface area contributed by atoms with Gasteiger partial charge in [0.15, 0.2) is 30.6 Å². The molecule has 0 radical (unpaired) electrons. The normalized spacial score (nSPS) is 15.8. The molecule has 2 atom stereocenters. The zero-order valence-electron chi connectivity index (χ0n) is 22.0. The zero-order valence-corrected chi connectivity index (χ0v) is 22.0. The van der Waals surface area contributed by atoms with Gasteiger partial charge in [-0.05, 0) is 35.4 Å². The molecular weight excluding hydrogens is 540 g/mol. The van der Waals surface area contributed by atoms with Gasteiger partial charge in [0.2, 0.25) is 0 Å². The average Bonchev–Trinajstić information content (AvgIpc) is 2.94. The molecule has 4 rings (SSSR count). The molecule has 0 saturated heterocycles. The molecule has 3 heterocycles. The summed E-state index contributed by atoms with van der Waals surface area (Å²) in [7, 11) is 1.35. The number of aromatic nitrogens is 2. The summed E-state index contributed by atoms with van der Waals surface area (Å²) >= 11 is 0. The number of carboxylic acids is 1. The molecule has 4 N–H and O–H groups in total. The number of carbonyl (C=O) groups is 3. The van der Waals surface area contributed by atoms with E-state index in [1.165, 1.54) is 13.2 Å². The van der Waals surface area contributed by atoms with Crippen LogP contribution in [0.5, 0.6) is 0 Å². The lowest BCUT2D eigenvalue weighted by Gasteiger charge is -2.43. The Kier molecular flexibility index (Phi) is 9.19. The van der Waals surface area contributed by atoms with Crippen molar-refractivity contribution in [1.29, 1.82) is 0 Å². The molecule has 0 aliphatic carbocycles. The Hall–Kier alpha value is -4.91. The number of benzene rings is 1. The van der Waals surface area contributed by atoms with Crippen molar-refractivity contribution in [3.05, 3.63) is 95.6 Å². The Morgan fingerprint density at radius 1 is 1.15 bits per heavy atom.